The molecule has 0 radical (unpaired) electrons. The van der Waals surface area contributed by atoms with Crippen molar-refractivity contribution in [2.75, 3.05) is 0 Å². The maximum absolute atomic E-state index is 12.5. The van der Waals surface area contributed by atoms with Gasteiger partial charge in [-0.25, -0.2) is 0 Å². The molecule has 5 nitrogen and oxygen atoms in total. The number of hydrogen-bond acceptors (Lipinski definition) is 3. The summed E-state index contributed by atoms with van der Waals surface area (Å²) in [6.07, 6.45) is -3.94. The van der Waals surface area contributed by atoms with Gasteiger partial charge in [-0.2, -0.15) is 13.2 Å². The molecule has 0 N–H and O–H groups in total. The van der Waals surface area contributed by atoms with E-state index in [-0.39, 0.29) is 11.1 Å². The van der Waals surface area contributed by atoms with E-state index < -0.39 is 22.4 Å². The molecule has 0 unspecified atom stereocenters. The number of carbonyl (C=O) groups excluding carboxylic acids is 1. The highest BCUT2D eigenvalue weighted by Gasteiger charge is 2.41. The number of nitro benzene ring substituents is 1. The average Bonchev–Trinajstić information content (AvgIpc) is 2.74. The molecule has 0 saturated carbocycles. The third-order valence-corrected chi connectivity index (χ3v) is 2.92. The van der Waals surface area contributed by atoms with Gasteiger partial charge in [-0.3, -0.25) is 14.9 Å². The number of rotatable bonds is 3. The van der Waals surface area contributed by atoms with E-state index in [1.807, 2.05) is 0 Å². The molecule has 1 heterocycles. The van der Waals surface area contributed by atoms with Crippen LogP contribution in [0.4, 0.5) is 18.9 Å². The Hall–Kier alpha value is -2.38. The Bertz CT molecular complexity index is 704. The first-order valence-electron chi connectivity index (χ1n) is 5.64. The zero-order valence-corrected chi connectivity index (χ0v) is 10.3. The molecule has 0 bridgehead atoms. The van der Waals surface area contributed by atoms with Gasteiger partial charge >= 0.3 is 6.18 Å². The number of non-ortho nitro benzene ring substituents is 1. The van der Waals surface area contributed by atoms with Gasteiger partial charge in [0.15, 0.2) is 0 Å². The summed E-state index contributed by atoms with van der Waals surface area (Å²) in [7, 11) is 0. The molecule has 0 atom stereocenters. The number of Topliss-reactive ketones (excluding diaryl/α,β-unsaturated/α-hetero) is 1. The number of hydrogen-bond donors (Lipinski definition) is 0. The molecule has 20 heavy (non-hydrogen) atoms. The molecular formula is C12H9F3N2O3. The van der Waals surface area contributed by atoms with E-state index in [2.05, 4.69) is 0 Å². The van der Waals surface area contributed by atoms with E-state index in [4.69, 9.17) is 0 Å². The van der Waals surface area contributed by atoms with E-state index in [0.29, 0.717) is 12.1 Å². The van der Waals surface area contributed by atoms with Crippen LogP contribution in [0.1, 0.15) is 17.3 Å². The van der Waals surface area contributed by atoms with E-state index in [9.17, 15) is 28.1 Å². The van der Waals surface area contributed by atoms with Crippen LogP contribution in [0.15, 0.2) is 24.4 Å². The molecule has 106 valence electrons. The van der Waals surface area contributed by atoms with Crippen LogP contribution in [-0.2, 0) is 6.54 Å². The topological polar surface area (TPSA) is 65.1 Å². The zero-order chi connectivity index (χ0) is 15.1. The van der Waals surface area contributed by atoms with Crippen LogP contribution in [-0.4, -0.2) is 21.4 Å². The Labute approximate surface area is 110 Å². The lowest BCUT2D eigenvalue weighted by molar-refractivity contribution is -0.384. The number of aryl methyl sites for hydroxylation is 1. The Kier molecular flexibility index (Phi) is 3.24. The van der Waals surface area contributed by atoms with Crippen molar-refractivity contribution in [1.82, 2.24) is 4.57 Å². The number of carbonyl (C=O) groups is 1. The van der Waals surface area contributed by atoms with Crippen LogP contribution in [0.25, 0.3) is 10.9 Å². The normalized spacial score (nSPS) is 11.8. The fraction of sp³-hybridized carbons (Fsp3) is 0.250. The van der Waals surface area contributed by atoms with Gasteiger partial charge in [0.25, 0.3) is 11.5 Å². The number of benzene rings is 1. The Morgan fingerprint density at radius 2 is 2.05 bits per heavy atom. The minimum Gasteiger partial charge on any atom is -0.347 e. The number of halogens is 3. The summed E-state index contributed by atoms with van der Waals surface area (Å²) in [6, 6.07) is 3.51. The number of fused-ring (bicyclic) bond motifs is 1. The van der Waals surface area contributed by atoms with Crippen molar-refractivity contribution in [2.45, 2.75) is 19.6 Å². The highest BCUT2D eigenvalue weighted by atomic mass is 19.4. The van der Waals surface area contributed by atoms with Crippen LogP contribution in [0.5, 0.6) is 0 Å². The molecule has 2 rings (SSSR count). The number of nitro groups is 1. The molecule has 0 fully saturated rings. The fourth-order valence-electron chi connectivity index (χ4n) is 1.99. The maximum Gasteiger partial charge on any atom is 0.454 e. The van der Waals surface area contributed by atoms with Gasteiger partial charge in [-0.1, -0.05) is 0 Å². The van der Waals surface area contributed by atoms with Gasteiger partial charge in [-0.05, 0) is 13.0 Å². The van der Waals surface area contributed by atoms with Gasteiger partial charge in [0.2, 0.25) is 0 Å². The largest absolute Gasteiger partial charge is 0.454 e. The van der Waals surface area contributed by atoms with E-state index >= 15 is 0 Å². The van der Waals surface area contributed by atoms with E-state index in [1.54, 1.807) is 6.92 Å². The lowest BCUT2D eigenvalue weighted by Crippen LogP contribution is -2.22. The van der Waals surface area contributed by atoms with Crippen molar-refractivity contribution in [2.24, 2.45) is 0 Å². The molecule has 0 amide bonds. The summed E-state index contributed by atoms with van der Waals surface area (Å²) in [6.45, 7) is 2.04. The summed E-state index contributed by atoms with van der Waals surface area (Å²) in [4.78, 5) is 21.4. The summed E-state index contributed by atoms with van der Waals surface area (Å²) >= 11 is 0. The van der Waals surface area contributed by atoms with Crippen molar-refractivity contribution in [1.29, 1.82) is 0 Å². The second-order valence-corrected chi connectivity index (χ2v) is 4.11. The molecular weight excluding hydrogens is 277 g/mol. The maximum atomic E-state index is 12.5. The highest BCUT2D eigenvalue weighted by molar-refractivity contribution is 6.11. The standard InChI is InChI=1S/C12H9F3N2O3/c1-2-16-6-9(11(18)12(13,14)15)8-5-7(17(19)20)3-4-10(8)16/h3-6H,2H2,1H3. The molecule has 2 aromatic rings. The Balaban J connectivity index is 2.73. The Morgan fingerprint density at radius 3 is 2.55 bits per heavy atom. The predicted octanol–water partition coefficient (Wildman–Crippen LogP) is 3.31. The van der Waals surface area contributed by atoms with E-state index in [1.165, 1.54) is 16.7 Å². The lowest BCUT2D eigenvalue weighted by Gasteiger charge is -2.03. The van der Waals surface area contributed by atoms with Crippen molar-refractivity contribution < 1.29 is 22.9 Å². The first-order chi connectivity index (χ1) is 9.25. The minimum atomic E-state index is -5.02. The van der Waals surface area contributed by atoms with E-state index in [0.717, 1.165) is 12.3 Å². The first-order valence-corrected chi connectivity index (χ1v) is 5.64. The van der Waals surface area contributed by atoms with Crippen LogP contribution >= 0.6 is 0 Å². The fourth-order valence-corrected chi connectivity index (χ4v) is 1.99. The SMILES string of the molecule is CCn1cc(C(=O)C(F)(F)F)c2cc([N+](=O)[O-])ccc21. The Morgan fingerprint density at radius 1 is 1.40 bits per heavy atom. The summed E-state index contributed by atoms with van der Waals surface area (Å²) in [5, 5.41) is 10.6. The van der Waals surface area contributed by atoms with Crippen molar-refractivity contribution in [3.05, 3.63) is 40.1 Å². The van der Waals surface area contributed by atoms with Gasteiger partial charge in [0.1, 0.15) is 0 Å². The lowest BCUT2D eigenvalue weighted by atomic mass is 10.1. The number of nitrogens with zero attached hydrogens (tertiary/aromatic N) is 2. The average molecular weight is 286 g/mol. The van der Waals surface area contributed by atoms with Gasteiger partial charge in [0.05, 0.1) is 10.5 Å². The van der Waals surface area contributed by atoms with Crippen molar-refractivity contribution in [3.8, 4) is 0 Å². The van der Waals surface area contributed by atoms with Crippen LogP contribution in [0.2, 0.25) is 0 Å². The number of ketones is 1. The summed E-state index contributed by atoms with van der Waals surface area (Å²) in [5.41, 5.74) is -0.577. The van der Waals surface area contributed by atoms with Crippen LogP contribution < -0.4 is 0 Å². The van der Waals surface area contributed by atoms with Crippen molar-refractivity contribution >= 4 is 22.4 Å². The molecule has 0 saturated heterocycles. The number of aromatic nitrogens is 1. The molecule has 0 aliphatic carbocycles. The minimum absolute atomic E-state index is 0.0663. The molecule has 8 heteroatoms. The molecule has 1 aromatic heterocycles. The molecule has 0 spiro atoms. The number of alkyl halides is 3. The monoisotopic (exact) mass is 286 g/mol. The quantitative estimate of drug-likeness (QED) is 0.494. The third kappa shape index (κ3) is 2.24. The summed E-state index contributed by atoms with van der Waals surface area (Å²) in [5.74, 6) is -2.00. The first kappa shape index (κ1) is 14.0. The summed E-state index contributed by atoms with van der Waals surface area (Å²) < 4.78 is 39.1. The second-order valence-electron chi connectivity index (χ2n) is 4.11. The predicted molar refractivity (Wildman–Crippen MR) is 64.7 cm³/mol. The van der Waals surface area contributed by atoms with Gasteiger partial charge < -0.3 is 4.57 Å². The molecule has 1 aromatic carbocycles. The molecule has 0 aliphatic heterocycles. The van der Waals surface area contributed by atoms with Gasteiger partial charge in [0, 0.05) is 35.8 Å². The second kappa shape index (κ2) is 4.62. The third-order valence-electron chi connectivity index (χ3n) is 2.92. The highest BCUT2D eigenvalue weighted by Crippen LogP contribution is 2.30. The van der Waals surface area contributed by atoms with Crippen LogP contribution in [0, 0.1) is 10.1 Å². The van der Waals surface area contributed by atoms with Crippen molar-refractivity contribution in [3.63, 3.8) is 0 Å². The zero-order valence-electron chi connectivity index (χ0n) is 10.3. The van der Waals surface area contributed by atoms with Crippen LogP contribution in [0.3, 0.4) is 0 Å². The van der Waals surface area contributed by atoms with Gasteiger partial charge in [-0.15, -0.1) is 0 Å². The molecule has 0 aliphatic rings. The smallest absolute Gasteiger partial charge is 0.347 e.